The van der Waals surface area contributed by atoms with Crippen LogP contribution in [0.5, 0.6) is 0 Å². The fourth-order valence-corrected chi connectivity index (χ4v) is 2.30. The first kappa shape index (κ1) is 19.4. The van der Waals surface area contributed by atoms with Gasteiger partial charge in [-0.1, -0.05) is 30.9 Å². The van der Waals surface area contributed by atoms with Crippen molar-refractivity contribution in [2.75, 3.05) is 13.2 Å². The Labute approximate surface area is 153 Å². The zero-order valence-electron chi connectivity index (χ0n) is 14.7. The van der Waals surface area contributed by atoms with Crippen molar-refractivity contribution in [3.63, 3.8) is 0 Å². The average molecular weight is 350 g/mol. The van der Waals surface area contributed by atoms with Gasteiger partial charge in [0.05, 0.1) is 0 Å². The van der Waals surface area contributed by atoms with Crippen molar-refractivity contribution in [3.8, 4) is 11.8 Å². The summed E-state index contributed by atoms with van der Waals surface area (Å²) in [6, 6.07) is 13.9. The summed E-state index contributed by atoms with van der Waals surface area (Å²) >= 11 is 0. The van der Waals surface area contributed by atoms with Gasteiger partial charge in [0.1, 0.15) is 12.6 Å². The van der Waals surface area contributed by atoms with Crippen molar-refractivity contribution in [2.45, 2.75) is 19.4 Å². The van der Waals surface area contributed by atoms with Crippen LogP contribution in [0.25, 0.3) is 0 Å². The van der Waals surface area contributed by atoms with Crippen LogP contribution in [0.4, 0.5) is 0 Å². The van der Waals surface area contributed by atoms with E-state index in [2.05, 4.69) is 36.2 Å². The third kappa shape index (κ3) is 5.28. The van der Waals surface area contributed by atoms with Gasteiger partial charge in [-0.3, -0.25) is 9.59 Å². The number of carbonyl (C=O) groups is 2. The molecule has 0 aliphatic carbocycles. The molecule has 134 valence electrons. The number of nitrogens with one attached hydrogen (secondary N) is 1. The van der Waals surface area contributed by atoms with Crippen LogP contribution >= 0.6 is 0 Å². The number of amides is 1. The van der Waals surface area contributed by atoms with E-state index in [4.69, 9.17) is 10.8 Å². The Morgan fingerprint density at radius 3 is 2.04 bits per heavy atom. The summed E-state index contributed by atoms with van der Waals surface area (Å²) in [5.41, 5.74) is 8.82. The fourth-order valence-electron chi connectivity index (χ4n) is 2.30. The van der Waals surface area contributed by atoms with Gasteiger partial charge in [0.2, 0.25) is 0 Å². The molecule has 2 aromatic rings. The van der Waals surface area contributed by atoms with Crippen LogP contribution in [0.2, 0.25) is 0 Å². The largest absolute Gasteiger partial charge is 0.388 e. The van der Waals surface area contributed by atoms with Crippen molar-refractivity contribution in [1.29, 1.82) is 0 Å². The number of benzene rings is 2. The lowest BCUT2D eigenvalue weighted by Gasteiger charge is -2.14. The van der Waals surface area contributed by atoms with E-state index < -0.39 is 24.3 Å². The molecule has 0 saturated heterocycles. The molecule has 5 nitrogen and oxygen atoms in total. The lowest BCUT2D eigenvalue weighted by Crippen LogP contribution is -2.46. The number of rotatable bonds is 6. The van der Waals surface area contributed by atoms with E-state index in [0.29, 0.717) is 5.56 Å². The molecule has 2 aromatic carbocycles. The molecule has 0 unspecified atom stereocenters. The molecular weight excluding hydrogens is 328 g/mol. The van der Waals surface area contributed by atoms with Crippen LogP contribution in [0, 0.1) is 11.8 Å². The lowest BCUT2D eigenvalue weighted by molar-refractivity contribution is -0.123. The van der Waals surface area contributed by atoms with Crippen LogP contribution in [0.15, 0.2) is 48.5 Å². The Morgan fingerprint density at radius 1 is 1.04 bits per heavy atom. The zero-order valence-corrected chi connectivity index (χ0v) is 14.7. The molecule has 2 rings (SSSR count). The predicted molar refractivity (Wildman–Crippen MR) is 101 cm³/mol. The highest BCUT2D eigenvalue weighted by atomic mass is 16.3. The number of Topliss-reactive ketones (excluding diaryl/α,β-unsaturated/α-hetero) is 1. The molecule has 1 atom stereocenters. The Hall–Kier alpha value is -2.94. The van der Waals surface area contributed by atoms with Crippen molar-refractivity contribution in [3.05, 3.63) is 70.8 Å². The maximum absolute atomic E-state index is 12.1. The minimum Gasteiger partial charge on any atom is -0.388 e. The van der Waals surface area contributed by atoms with E-state index in [1.54, 1.807) is 24.3 Å². The van der Waals surface area contributed by atoms with Crippen LogP contribution in [0.3, 0.4) is 0 Å². The van der Waals surface area contributed by atoms with Crippen LogP contribution in [0.1, 0.15) is 34.0 Å². The van der Waals surface area contributed by atoms with Gasteiger partial charge in [0, 0.05) is 23.2 Å². The first-order chi connectivity index (χ1) is 12.6. The molecule has 0 bridgehead atoms. The molecular formula is C21H22N2O3. The number of aliphatic hydroxyl groups excluding tert-OH is 1. The second-order valence-corrected chi connectivity index (χ2v) is 5.76. The van der Waals surface area contributed by atoms with Gasteiger partial charge in [-0.25, -0.2) is 0 Å². The smallest absolute Gasteiger partial charge is 0.251 e. The molecule has 0 heterocycles. The molecule has 26 heavy (non-hydrogen) atoms. The second-order valence-electron chi connectivity index (χ2n) is 5.76. The second kappa shape index (κ2) is 9.52. The summed E-state index contributed by atoms with van der Waals surface area (Å²) in [5.74, 6) is 5.20. The standard InChI is InChI=1S/C21H22N2O3/c1-2-15-3-5-16(6-4-15)7-8-17-9-11-18(12-10-17)21(26)23-19(13-22)20(25)14-24/h3-6,9-12,19,24H,2,13-14,22H2,1H3,(H,23,26)/t19-/m0/s1. The quantitative estimate of drug-likeness (QED) is 0.684. The maximum Gasteiger partial charge on any atom is 0.251 e. The molecule has 0 radical (unpaired) electrons. The number of hydrogen-bond donors (Lipinski definition) is 3. The van der Waals surface area contributed by atoms with Crippen LogP contribution < -0.4 is 11.1 Å². The van der Waals surface area contributed by atoms with Gasteiger partial charge in [0.15, 0.2) is 5.78 Å². The summed E-state index contributed by atoms with van der Waals surface area (Å²) in [5, 5.41) is 11.4. The molecule has 0 aliphatic heterocycles. The van der Waals surface area contributed by atoms with Gasteiger partial charge >= 0.3 is 0 Å². The van der Waals surface area contributed by atoms with Crippen LogP contribution in [-0.4, -0.2) is 36.0 Å². The molecule has 4 N–H and O–H groups in total. The van der Waals surface area contributed by atoms with Crippen LogP contribution in [-0.2, 0) is 11.2 Å². The van der Waals surface area contributed by atoms with Crippen molar-refractivity contribution in [2.24, 2.45) is 5.73 Å². The maximum atomic E-state index is 12.1. The van der Waals surface area contributed by atoms with Crippen molar-refractivity contribution in [1.82, 2.24) is 5.32 Å². The predicted octanol–water partition coefficient (Wildman–Crippen LogP) is 1.27. The monoisotopic (exact) mass is 350 g/mol. The first-order valence-electron chi connectivity index (χ1n) is 8.43. The topological polar surface area (TPSA) is 92.4 Å². The average Bonchev–Trinajstić information content (AvgIpc) is 2.70. The first-order valence-corrected chi connectivity index (χ1v) is 8.43. The molecule has 0 fully saturated rings. The Kier molecular flexibility index (Phi) is 7.10. The summed E-state index contributed by atoms with van der Waals surface area (Å²) in [6.07, 6.45) is 0.992. The van der Waals surface area contributed by atoms with E-state index in [1.807, 2.05) is 12.1 Å². The Bertz CT molecular complexity index is 815. The van der Waals surface area contributed by atoms with Gasteiger partial charge in [-0.05, 0) is 48.4 Å². The molecule has 0 aliphatic rings. The molecule has 5 heteroatoms. The normalized spacial score (nSPS) is 11.2. The Balaban J connectivity index is 2.04. The van der Waals surface area contributed by atoms with Gasteiger partial charge in [-0.15, -0.1) is 0 Å². The molecule has 1 amide bonds. The number of ketones is 1. The van der Waals surface area contributed by atoms with Gasteiger partial charge in [-0.2, -0.15) is 0 Å². The number of nitrogens with two attached hydrogens (primary N) is 1. The summed E-state index contributed by atoms with van der Waals surface area (Å²) < 4.78 is 0. The fraction of sp³-hybridized carbons (Fsp3) is 0.238. The highest BCUT2D eigenvalue weighted by Gasteiger charge is 2.18. The minimum absolute atomic E-state index is 0.0640. The van der Waals surface area contributed by atoms with Gasteiger partial charge in [0.25, 0.3) is 5.91 Å². The summed E-state index contributed by atoms with van der Waals surface area (Å²) in [7, 11) is 0. The third-order valence-corrected chi connectivity index (χ3v) is 3.95. The summed E-state index contributed by atoms with van der Waals surface area (Å²) in [4.78, 5) is 23.6. The van der Waals surface area contributed by atoms with E-state index in [0.717, 1.165) is 17.5 Å². The number of aliphatic hydroxyl groups is 1. The minimum atomic E-state index is -0.891. The zero-order chi connectivity index (χ0) is 18.9. The van der Waals surface area contributed by atoms with Crippen molar-refractivity contribution < 1.29 is 14.7 Å². The van der Waals surface area contributed by atoms with E-state index in [-0.39, 0.29) is 6.54 Å². The van der Waals surface area contributed by atoms with E-state index >= 15 is 0 Å². The number of carbonyl (C=O) groups excluding carboxylic acids is 2. The van der Waals surface area contributed by atoms with Crippen molar-refractivity contribution >= 4 is 11.7 Å². The number of hydrogen-bond acceptors (Lipinski definition) is 4. The van der Waals surface area contributed by atoms with E-state index in [1.165, 1.54) is 5.56 Å². The lowest BCUT2D eigenvalue weighted by atomic mass is 10.1. The highest BCUT2D eigenvalue weighted by molar-refractivity contribution is 5.98. The van der Waals surface area contributed by atoms with E-state index in [9.17, 15) is 9.59 Å². The SMILES string of the molecule is CCc1ccc(C#Cc2ccc(C(=O)N[C@@H](CN)C(=O)CO)cc2)cc1. The Morgan fingerprint density at radius 2 is 1.58 bits per heavy atom. The molecule has 0 aromatic heterocycles. The number of aryl methyl sites for hydroxylation is 1. The van der Waals surface area contributed by atoms with Gasteiger partial charge < -0.3 is 16.2 Å². The third-order valence-electron chi connectivity index (χ3n) is 3.95. The molecule has 0 spiro atoms. The molecule has 0 saturated carbocycles. The summed E-state index contributed by atoms with van der Waals surface area (Å²) in [6.45, 7) is 1.38. The highest BCUT2D eigenvalue weighted by Crippen LogP contribution is 2.06.